The topological polar surface area (TPSA) is 66.6 Å². The number of hydrogen-bond acceptors (Lipinski definition) is 3. The van der Waals surface area contributed by atoms with Gasteiger partial charge in [0.2, 0.25) is 0 Å². The van der Waals surface area contributed by atoms with Crippen molar-refractivity contribution in [3.8, 4) is 0 Å². The fraction of sp³-hybridized carbons (Fsp3) is 0.500. The molecule has 4 nitrogen and oxygen atoms in total. The number of rotatable bonds is 3. The zero-order chi connectivity index (χ0) is 13.8. The highest BCUT2D eigenvalue weighted by molar-refractivity contribution is 6.33. The normalized spacial score (nSPS) is 19.5. The summed E-state index contributed by atoms with van der Waals surface area (Å²) in [5, 5.41) is 9.46. The SMILES string of the molecule is Nc1cc(C(=O)N2CCCC(CCO)C2)ccc1Cl. The van der Waals surface area contributed by atoms with Gasteiger partial charge in [-0.05, 0) is 43.4 Å². The summed E-state index contributed by atoms with van der Waals surface area (Å²) in [5.74, 6) is 0.387. The van der Waals surface area contributed by atoms with Crippen molar-refractivity contribution in [2.45, 2.75) is 19.3 Å². The van der Waals surface area contributed by atoms with E-state index in [-0.39, 0.29) is 12.5 Å². The smallest absolute Gasteiger partial charge is 0.253 e. The van der Waals surface area contributed by atoms with E-state index in [9.17, 15) is 4.79 Å². The van der Waals surface area contributed by atoms with Gasteiger partial charge in [-0.1, -0.05) is 11.6 Å². The molecular weight excluding hydrogens is 264 g/mol. The molecule has 1 aromatic rings. The van der Waals surface area contributed by atoms with Crippen molar-refractivity contribution in [2.75, 3.05) is 25.4 Å². The lowest BCUT2D eigenvalue weighted by atomic mass is 9.94. The lowest BCUT2D eigenvalue weighted by Gasteiger charge is -2.32. The summed E-state index contributed by atoms with van der Waals surface area (Å²) >= 11 is 5.86. The maximum Gasteiger partial charge on any atom is 0.253 e. The van der Waals surface area contributed by atoms with Gasteiger partial charge < -0.3 is 15.7 Å². The Labute approximate surface area is 118 Å². The van der Waals surface area contributed by atoms with Crippen LogP contribution in [-0.4, -0.2) is 35.6 Å². The first-order valence-electron chi connectivity index (χ1n) is 6.57. The minimum Gasteiger partial charge on any atom is -0.398 e. The molecule has 1 heterocycles. The Bertz CT molecular complexity index is 463. The van der Waals surface area contributed by atoms with Crippen LogP contribution in [-0.2, 0) is 0 Å². The molecule has 0 aromatic heterocycles. The molecule has 3 N–H and O–H groups in total. The number of benzene rings is 1. The number of anilines is 1. The van der Waals surface area contributed by atoms with E-state index in [4.69, 9.17) is 22.4 Å². The summed E-state index contributed by atoms with van der Waals surface area (Å²) < 4.78 is 0. The summed E-state index contributed by atoms with van der Waals surface area (Å²) in [6.45, 7) is 1.66. The second kappa shape index (κ2) is 6.26. The van der Waals surface area contributed by atoms with Crippen LogP contribution in [0.5, 0.6) is 0 Å². The number of carbonyl (C=O) groups is 1. The quantitative estimate of drug-likeness (QED) is 0.835. The number of nitrogens with two attached hydrogens (primary N) is 1. The van der Waals surface area contributed by atoms with Gasteiger partial charge in [-0.2, -0.15) is 0 Å². The second-order valence-corrected chi connectivity index (χ2v) is 5.42. The number of piperidine rings is 1. The summed E-state index contributed by atoms with van der Waals surface area (Å²) in [6, 6.07) is 4.98. The van der Waals surface area contributed by atoms with Crippen LogP contribution in [0.1, 0.15) is 29.6 Å². The molecule has 0 bridgehead atoms. The van der Waals surface area contributed by atoms with Crippen LogP contribution in [0.3, 0.4) is 0 Å². The van der Waals surface area contributed by atoms with Crippen molar-refractivity contribution < 1.29 is 9.90 Å². The molecule has 0 radical (unpaired) electrons. The van der Waals surface area contributed by atoms with Gasteiger partial charge in [0.1, 0.15) is 0 Å². The first-order chi connectivity index (χ1) is 9.11. The van der Waals surface area contributed by atoms with E-state index in [1.807, 2.05) is 4.90 Å². The molecule has 5 heteroatoms. The molecule has 1 aliphatic rings. The first kappa shape index (κ1) is 14.2. The highest BCUT2D eigenvalue weighted by Gasteiger charge is 2.24. The second-order valence-electron chi connectivity index (χ2n) is 5.01. The number of aliphatic hydroxyl groups is 1. The summed E-state index contributed by atoms with van der Waals surface area (Å²) in [4.78, 5) is 14.2. The number of nitrogens with zero attached hydrogens (tertiary/aromatic N) is 1. The number of nitrogen functional groups attached to an aromatic ring is 1. The van der Waals surface area contributed by atoms with Crippen LogP contribution < -0.4 is 5.73 Å². The summed E-state index contributed by atoms with van der Waals surface area (Å²) in [5.41, 5.74) is 6.73. The lowest BCUT2D eigenvalue weighted by Crippen LogP contribution is -2.40. The Kier molecular flexibility index (Phi) is 4.66. The molecule has 2 rings (SSSR count). The molecule has 1 unspecified atom stereocenters. The van der Waals surface area contributed by atoms with E-state index in [2.05, 4.69) is 0 Å². The Morgan fingerprint density at radius 2 is 2.32 bits per heavy atom. The Morgan fingerprint density at radius 3 is 3.00 bits per heavy atom. The number of amides is 1. The molecule has 1 atom stereocenters. The molecule has 0 saturated carbocycles. The first-order valence-corrected chi connectivity index (χ1v) is 6.94. The largest absolute Gasteiger partial charge is 0.398 e. The fourth-order valence-electron chi connectivity index (χ4n) is 2.53. The third-order valence-corrected chi connectivity index (χ3v) is 3.93. The third-order valence-electron chi connectivity index (χ3n) is 3.59. The zero-order valence-corrected chi connectivity index (χ0v) is 11.6. The number of aliphatic hydroxyl groups excluding tert-OH is 1. The number of carbonyl (C=O) groups excluding carboxylic acids is 1. The maximum atomic E-state index is 12.4. The van der Waals surface area contributed by atoms with Gasteiger partial charge in [0.05, 0.1) is 10.7 Å². The molecule has 1 saturated heterocycles. The van der Waals surface area contributed by atoms with Crippen molar-refractivity contribution in [3.05, 3.63) is 28.8 Å². The molecule has 0 aliphatic carbocycles. The highest BCUT2D eigenvalue weighted by atomic mass is 35.5. The van der Waals surface area contributed by atoms with Gasteiger partial charge in [0.25, 0.3) is 5.91 Å². The van der Waals surface area contributed by atoms with Crippen molar-refractivity contribution >= 4 is 23.2 Å². The standard InChI is InChI=1S/C14H19ClN2O2/c15-12-4-3-11(8-13(12)16)14(19)17-6-1-2-10(9-17)5-7-18/h3-4,8,10,18H,1-2,5-7,9,16H2. The molecule has 104 valence electrons. The Balaban J connectivity index is 2.08. The van der Waals surface area contributed by atoms with Crippen LogP contribution in [0.15, 0.2) is 18.2 Å². The van der Waals surface area contributed by atoms with E-state index in [1.165, 1.54) is 0 Å². The van der Waals surface area contributed by atoms with E-state index in [0.717, 1.165) is 25.8 Å². The van der Waals surface area contributed by atoms with Gasteiger partial charge in [0, 0.05) is 25.3 Å². The van der Waals surface area contributed by atoms with Crippen LogP contribution in [0.2, 0.25) is 5.02 Å². The minimum absolute atomic E-state index is 0.00833. The van der Waals surface area contributed by atoms with Crippen LogP contribution in [0.4, 0.5) is 5.69 Å². The number of halogens is 1. The van der Waals surface area contributed by atoms with Gasteiger partial charge in [-0.25, -0.2) is 0 Å². The molecule has 0 spiro atoms. The Hall–Kier alpha value is -1.26. The molecular formula is C14H19ClN2O2. The fourth-order valence-corrected chi connectivity index (χ4v) is 2.64. The average molecular weight is 283 g/mol. The van der Waals surface area contributed by atoms with E-state index < -0.39 is 0 Å². The van der Waals surface area contributed by atoms with Crippen molar-refractivity contribution in [1.29, 1.82) is 0 Å². The van der Waals surface area contributed by atoms with E-state index in [1.54, 1.807) is 18.2 Å². The van der Waals surface area contributed by atoms with Crippen LogP contribution in [0.25, 0.3) is 0 Å². The van der Waals surface area contributed by atoms with E-state index >= 15 is 0 Å². The molecule has 1 amide bonds. The van der Waals surface area contributed by atoms with Gasteiger partial charge in [-0.15, -0.1) is 0 Å². The summed E-state index contributed by atoms with van der Waals surface area (Å²) in [6.07, 6.45) is 2.82. The van der Waals surface area contributed by atoms with Crippen molar-refractivity contribution in [3.63, 3.8) is 0 Å². The monoisotopic (exact) mass is 282 g/mol. The van der Waals surface area contributed by atoms with Crippen molar-refractivity contribution in [1.82, 2.24) is 4.90 Å². The molecule has 1 aliphatic heterocycles. The molecule has 1 fully saturated rings. The van der Waals surface area contributed by atoms with Crippen molar-refractivity contribution in [2.24, 2.45) is 5.92 Å². The van der Waals surface area contributed by atoms with Crippen LogP contribution >= 0.6 is 11.6 Å². The minimum atomic E-state index is -0.00833. The third kappa shape index (κ3) is 3.39. The van der Waals surface area contributed by atoms with Crippen LogP contribution in [0, 0.1) is 5.92 Å². The van der Waals surface area contributed by atoms with Gasteiger partial charge in [-0.3, -0.25) is 4.79 Å². The Morgan fingerprint density at radius 1 is 1.53 bits per heavy atom. The van der Waals surface area contributed by atoms with E-state index in [0.29, 0.717) is 28.7 Å². The number of hydrogen-bond donors (Lipinski definition) is 2. The lowest BCUT2D eigenvalue weighted by molar-refractivity contribution is 0.0653. The maximum absolute atomic E-state index is 12.4. The predicted octanol–water partition coefficient (Wildman–Crippen LogP) is 2.16. The summed E-state index contributed by atoms with van der Waals surface area (Å²) in [7, 11) is 0. The van der Waals surface area contributed by atoms with Gasteiger partial charge >= 0.3 is 0 Å². The highest BCUT2D eigenvalue weighted by Crippen LogP contribution is 2.24. The molecule has 1 aromatic carbocycles. The van der Waals surface area contributed by atoms with Gasteiger partial charge in [0.15, 0.2) is 0 Å². The zero-order valence-electron chi connectivity index (χ0n) is 10.8. The number of likely N-dealkylation sites (tertiary alicyclic amines) is 1. The predicted molar refractivity (Wildman–Crippen MR) is 76.2 cm³/mol. The molecule has 19 heavy (non-hydrogen) atoms. The average Bonchev–Trinajstić information content (AvgIpc) is 2.42.